The maximum atomic E-state index is 13.2. The van der Waals surface area contributed by atoms with E-state index in [-0.39, 0.29) is 10.9 Å². The lowest BCUT2D eigenvalue weighted by molar-refractivity contribution is 0.291. The van der Waals surface area contributed by atoms with E-state index >= 15 is 0 Å². The van der Waals surface area contributed by atoms with Crippen molar-refractivity contribution in [3.8, 4) is 0 Å². The molecule has 1 aromatic rings. The zero-order valence-electron chi connectivity index (χ0n) is 11.5. The maximum Gasteiger partial charge on any atom is 0.243 e. The van der Waals surface area contributed by atoms with E-state index in [0.717, 1.165) is 25.0 Å². The van der Waals surface area contributed by atoms with Crippen molar-refractivity contribution in [2.75, 3.05) is 27.2 Å². The smallest absolute Gasteiger partial charge is 0.243 e. The number of nitrogens with zero attached hydrogens (tertiary/aromatic N) is 2. The second-order valence-electron chi connectivity index (χ2n) is 5.28. The van der Waals surface area contributed by atoms with Gasteiger partial charge in [0.25, 0.3) is 0 Å². The number of rotatable bonds is 4. The van der Waals surface area contributed by atoms with Crippen LogP contribution in [0.1, 0.15) is 12.8 Å². The molecule has 1 heterocycles. The summed E-state index contributed by atoms with van der Waals surface area (Å²) in [7, 11) is -0.120. The molecular weight excluding hydrogens is 286 g/mol. The summed E-state index contributed by atoms with van der Waals surface area (Å²) in [5.41, 5.74) is 0. The first kappa shape index (κ1) is 15.3. The molecule has 0 saturated carbocycles. The normalized spacial score (nSPS) is 20.8. The second-order valence-corrected chi connectivity index (χ2v) is 7.17. The zero-order valence-corrected chi connectivity index (χ0v) is 12.3. The van der Waals surface area contributed by atoms with E-state index in [4.69, 9.17) is 0 Å². The highest BCUT2D eigenvalue weighted by Crippen LogP contribution is 2.27. The molecule has 0 aliphatic carbocycles. The lowest BCUT2D eigenvalue weighted by Crippen LogP contribution is -2.41. The molecule has 7 heteroatoms. The van der Waals surface area contributed by atoms with Gasteiger partial charge in [-0.3, -0.25) is 0 Å². The number of sulfonamides is 1. The molecule has 0 amide bonds. The minimum atomic E-state index is -3.85. The summed E-state index contributed by atoms with van der Waals surface area (Å²) < 4.78 is 52.8. The predicted molar refractivity (Wildman–Crippen MR) is 71.8 cm³/mol. The van der Waals surface area contributed by atoms with Crippen LogP contribution < -0.4 is 0 Å². The molecule has 4 nitrogen and oxygen atoms in total. The Kier molecular flexibility index (Phi) is 4.41. The Hall–Kier alpha value is -1.05. The molecule has 20 heavy (non-hydrogen) atoms. The van der Waals surface area contributed by atoms with Gasteiger partial charge in [0.15, 0.2) is 0 Å². The standard InChI is InChI=1S/C13H18F2N2O2S/c1-16(2)9-12-4-3-5-17(12)20(18,19)13-7-10(14)6-11(15)8-13/h6-8,12H,3-5,9H2,1-2H3/t12-/m1/s1. The van der Waals surface area contributed by atoms with Crippen LogP contribution in [-0.2, 0) is 10.0 Å². The monoisotopic (exact) mass is 304 g/mol. The Bertz CT molecular complexity index is 570. The topological polar surface area (TPSA) is 40.6 Å². The first-order valence-corrected chi connectivity index (χ1v) is 7.87. The van der Waals surface area contributed by atoms with Gasteiger partial charge in [-0.25, -0.2) is 17.2 Å². The molecule has 0 bridgehead atoms. The van der Waals surface area contributed by atoms with Gasteiger partial charge < -0.3 is 4.90 Å². The third kappa shape index (κ3) is 3.16. The van der Waals surface area contributed by atoms with Crippen LogP contribution >= 0.6 is 0 Å². The van der Waals surface area contributed by atoms with E-state index in [0.29, 0.717) is 19.2 Å². The van der Waals surface area contributed by atoms with Crippen molar-refractivity contribution in [1.29, 1.82) is 0 Å². The molecule has 0 unspecified atom stereocenters. The van der Waals surface area contributed by atoms with Gasteiger partial charge in [0, 0.05) is 25.2 Å². The molecule has 0 aromatic heterocycles. The summed E-state index contributed by atoms with van der Waals surface area (Å²) in [5.74, 6) is -1.76. The lowest BCUT2D eigenvalue weighted by Gasteiger charge is -2.26. The van der Waals surface area contributed by atoms with Crippen LogP contribution in [-0.4, -0.2) is 50.8 Å². The van der Waals surface area contributed by atoms with Gasteiger partial charge in [-0.15, -0.1) is 0 Å². The number of hydrogen-bond acceptors (Lipinski definition) is 3. The molecule has 1 atom stereocenters. The van der Waals surface area contributed by atoms with Crippen molar-refractivity contribution >= 4 is 10.0 Å². The third-order valence-electron chi connectivity index (χ3n) is 3.34. The Morgan fingerprint density at radius 3 is 2.40 bits per heavy atom. The van der Waals surface area contributed by atoms with Crippen molar-refractivity contribution < 1.29 is 17.2 Å². The first-order valence-electron chi connectivity index (χ1n) is 6.43. The quantitative estimate of drug-likeness (QED) is 0.850. The molecule has 112 valence electrons. The van der Waals surface area contributed by atoms with Crippen molar-refractivity contribution in [3.05, 3.63) is 29.8 Å². The molecule has 1 aromatic carbocycles. The highest BCUT2D eigenvalue weighted by Gasteiger charge is 2.35. The van der Waals surface area contributed by atoms with E-state index in [1.165, 1.54) is 4.31 Å². The number of halogens is 2. The summed E-state index contributed by atoms with van der Waals surface area (Å²) in [6.45, 7) is 0.982. The fourth-order valence-electron chi connectivity index (χ4n) is 2.54. The number of hydrogen-bond donors (Lipinski definition) is 0. The molecule has 0 radical (unpaired) electrons. The molecule has 2 rings (SSSR count). The van der Waals surface area contributed by atoms with Crippen LogP contribution in [0.4, 0.5) is 8.78 Å². The van der Waals surface area contributed by atoms with E-state index in [2.05, 4.69) is 0 Å². The van der Waals surface area contributed by atoms with E-state index < -0.39 is 21.7 Å². The summed E-state index contributed by atoms with van der Waals surface area (Å²) in [6, 6.07) is 2.24. The average Bonchev–Trinajstić information content (AvgIpc) is 2.75. The van der Waals surface area contributed by atoms with E-state index in [1.807, 2.05) is 19.0 Å². The summed E-state index contributed by atoms with van der Waals surface area (Å²) >= 11 is 0. The molecule has 1 aliphatic rings. The van der Waals surface area contributed by atoms with Crippen LogP contribution in [0.15, 0.2) is 23.1 Å². The minimum Gasteiger partial charge on any atom is -0.308 e. The molecule has 0 N–H and O–H groups in total. The predicted octanol–water partition coefficient (Wildman–Crippen LogP) is 1.68. The van der Waals surface area contributed by atoms with Gasteiger partial charge >= 0.3 is 0 Å². The summed E-state index contributed by atoms with van der Waals surface area (Å²) in [4.78, 5) is 1.59. The zero-order chi connectivity index (χ0) is 14.9. The van der Waals surface area contributed by atoms with Crippen molar-refractivity contribution in [1.82, 2.24) is 9.21 Å². The molecule has 0 spiro atoms. The second kappa shape index (κ2) is 5.75. The number of likely N-dealkylation sites (N-methyl/N-ethyl adjacent to an activating group) is 1. The number of benzene rings is 1. The fourth-order valence-corrected chi connectivity index (χ4v) is 4.27. The SMILES string of the molecule is CN(C)C[C@H]1CCCN1S(=O)(=O)c1cc(F)cc(F)c1. The van der Waals surface area contributed by atoms with Crippen molar-refractivity contribution in [2.24, 2.45) is 0 Å². The third-order valence-corrected chi connectivity index (χ3v) is 5.27. The van der Waals surface area contributed by atoms with Gasteiger partial charge in [-0.2, -0.15) is 4.31 Å². The fraction of sp³-hybridized carbons (Fsp3) is 0.538. The van der Waals surface area contributed by atoms with Gasteiger partial charge in [-0.05, 0) is 39.1 Å². The Morgan fingerprint density at radius 1 is 1.25 bits per heavy atom. The largest absolute Gasteiger partial charge is 0.308 e. The first-order chi connectivity index (χ1) is 9.30. The Morgan fingerprint density at radius 2 is 1.85 bits per heavy atom. The molecule has 1 aliphatic heterocycles. The molecule has 1 saturated heterocycles. The van der Waals surface area contributed by atoms with Crippen molar-refractivity contribution in [2.45, 2.75) is 23.8 Å². The van der Waals surface area contributed by atoms with Gasteiger partial charge in [0.2, 0.25) is 10.0 Å². The average molecular weight is 304 g/mol. The van der Waals surface area contributed by atoms with Gasteiger partial charge in [0.05, 0.1) is 4.90 Å². The molecular formula is C13H18F2N2O2S. The lowest BCUT2D eigenvalue weighted by atomic mass is 10.2. The van der Waals surface area contributed by atoms with Gasteiger partial charge in [0.1, 0.15) is 11.6 Å². The van der Waals surface area contributed by atoms with E-state index in [1.54, 1.807) is 0 Å². The van der Waals surface area contributed by atoms with E-state index in [9.17, 15) is 17.2 Å². The van der Waals surface area contributed by atoms with Crippen LogP contribution in [0.2, 0.25) is 0 Å². The maximum absolute atomic E-state index is 13.2. The van der Waals surface area contributed by atoms with Crippen LogP contribution in [0, 0.1) is 11.6 Å². The van der Waals surface area contributed by atoms with Crippen LogP contribution in [0.25, 0.3) is 0 Å². The van der Waals surface area contributed by atoms with Crippen molar-refractivity contribution in [3.63, 3.8) is 0 Å². The minimum absolute atomic E-state index is 0.152. The Balaban J connectivity index is 2.33. The Labute approximate surface area is 118 Å². The molecule has 1 fully saturated rings. The summed E-state index contributed by atoms with van der Waals surface area (Å²) in [6.07, 6.45) is 1.52. The highest BCUT2D eigenvalue weighted by atomic mass is 32.2. The van der Waals surface area contributed by atoms with Crippen LogP contribution in [0.3, 0.4) is 0 Å². The summed E-state index contributed by atoms with van der Waals surface area (Å²) in [5, 5.41) is 0. The van der Waals surface area contributed by atoms with Gasteiger partial charge in [-0.1, -0.05) is 0 Å². The van der Waals surface area contributed by atoms with Crippen LogP contribution in [0.5, 0.6) is 0 Å². The highest BCUT2D eigenvalue weighted by molar-refractivity contribution is 7.89.